The van der Waals surface area contributed by atoms with Crippen molar-refractivity contribution < 1.29 is 19.1 Å². The Morgan fingerprint density at radius 3 is 2.09 bits per heavy atom. The smallest absolute Gasteiger partial charge is 0.233 e. The molecule has 0 spiro atoms. The molecule has 0 radical (unpaired) electrons. The molecule has 6 heteroatoms. The van der Waals surface area contributed by atoms with Crippen molar-refractivity contribution in [3.8, 4) is 11.5 Å². The minimum absolute atomic E-state index is 0.0777. The molecule has 1 heterocycles. The lowest BCUT2D eigenvalue weighted by Gasteiger charge is -2.17. The number of allylic oxidation sites excluding steroid dienone is 2. The molecule has 0 aromatic heterocycles. The lowest BCUT2D eigenvalue weighted by atomic mass is 9.85. The average Bonchev–Trinajstić information content (AvgIpc) is 2.81. The van der Waals surface area contributed by atoms with Crippen LogP contribution >= 0.6 is 15.9 Å². The van der Waals surface area contributed by atoms with Gasteiger partial charge in [0.05, 0.1) is 32.6 Å². The molecular weight excluding hydrogens is 362 g/mol. The largest absolute Gasteiger partial charge is 0.493 e. The standard InChI is InChI=1S/C17H18BrNO4/c1-22-14-7-10(13(18)8-15(14)23-2)9-19-16(20)11-5-3-4-6-12(11)17(19)21/h3-4,7-8,11-12H,5-6,9H2,1-2H3/t11-,12-/m0/s1. The second-order valence-corrected chi connectivity index (χ2v) is 6.57. The number of benzene rings is 1. The first-order valence-electron chi connectivity index (χ1n) is 7.47. The number of methoxy groups -OCH3 is 2. The maximum absolute atomic E-state index is 12.5. The molecule has 122 valence electrons. The zero-order valence-corrected chi connectivity index (χ0v) is 14.6. The normalized spacial score (nSPS) is 23.2. The van der Waals surface area contributed by atoms with E-state index in [1.54, 1.807) is 26.4 Å². The quantitative estimate of drug-likeness (QED) is 0.596. The van der Waals surface area contributed by atoms with Crippen molar-refractivity contribution in [2.75, 3.05) is 14.2 Å². The van der Waals surface area contributed by atoms with Crippen LogP contribution < -0.4 is 9.47 Å². The van der Waals surface area contributed by atoms with E-state index in [1.807, 2.05) is 12.2 Å². The van der Waals surface area contributed by atoms with Crippen LogP contribution in [-0.2, 0) is 16.1 Å². The molecule has 23 heavy (non-hydrogen) atoms. The number of imide groups is 1. The van der Waals surface area contributed by atoms with Gasteiger partial charge in [-0.2, -0.15) is 0 Å². The van der Waals surface area contributed by atoms with Crippen molar-refractivity contribution in [2.45, 2.75) is 19.4 Å². The third-order valence-electron chi connectivity index (χ3n) is 4.48. The van der Waals surface area contributed by atoms with Crippen LogP contribution in [0.4, 0.5) is 0 Å². The van der Waals surface area contributed by atoms with Gasteiger partial charge in [-0.15, -0.1) is 0 Å². The molecule has 2 aliphatic rings. The fourth-order valence-corrected chi connectivity index (χ4v) is 3.66. The summed E-state index contributed by atoms with van der Waals surface area (Å²) in [7, 11) is 3.12. The second kappa shape index (κ2) is 6.35. The number of likely N-dealkylation sites (tertiary alicyclic amines) is 1. The van der Waals surface area contributed by atoms with Crippen molar-refractivity contribution in [1.29, 1.82) is 0 Å². The Morgan fingerprint density at radius 1 is 1.04 bits per heavy atom. The Morgan fingerprint density at radius 2 is 1.57 bits per heavy atom. The number of nitrogens with zero attached hydrogens (tertiary/aromatic N) is 1. The molecule has 1 fully saturated rings. The van der Waals surface area contributed by atoms with Crippen molar-refractivity contribution in [3.63, 3.8) is 0 Å². The lowest BCUT2D eigenvalue weighted by molar-refractivity contribution is -0.140. The van der Waals surface area contributed by atoms with Crippen LogP contribution in [-0.4, -0.2) is 30.9 Å². The van der Waals surface area contributed by atoms with E-state index in [4.69, 9.17) is 9.47 Å². The molecule has 0 saturated carbocycles. The van der Waals surface area contributed by atoms with Gasteiger partial charge in [0.1, 0.15) is 0 Å². The molecule has 1 aliphatic heterocycles. The summed E-state index contributed by atoms with van der Waals surface area (Å²) in [6, 6.07) is 3.58. The van der Waals surface area contributed by atoms with Gasteiger partial charge in [0.2, 0.25) is 11.8 Å². The van der Waals surface area contributed by atoms with E-state index in [0.717, 1.165) is 10.0 Å². The molecule has 1 aliphatic carbocycles. The van der Waals surface area contributed by atoms with Gasteiger partial charge in [-0.1, -0.05) is 28.1 Å². The number of carbonyl (C=O) groups is 2. The molecule has 0 unspecified atom stereocenters. The first kappa shape index (κ1) is 16.1. The van der Waals surface area contributed by atoms with E-state index >= 15 is 0 Å². The number of amides is 2. The number of ether oxygens (including phenoxy) is 2. The molecule has 0 N–H and O–H groups in total. The second-order valence-electron chi connectivity index (χ2n) is 5.72. The molecule has 2 amide bonds. The molecule has 2 atom stereocenters. The predicted molar refractivity (Wildman–Crippen MR) is 88.2 cm³/mol. The highest BCUT2D eigenvalue weighted by molar-refractivity contribution is 9.10. The molecular formula is C17H18BrNO4. The molecule has 1 aromatic carbocycles. The van der Waals surface area contributed by atoms with Gasteiger partial charge in [-0.05, 0) is 30.5 Å². The van der Waals surface area contributed by atoms with Gasteiger partial charge < -0.3 is 9.47 Å². The number of rotatable bonds is 4. The van der Waals surface area contributed by atoms with Crippen LogP contribution in [0.5, 0.6) is 11.5 Å². The summed E-state index contributed by atoms with van der Waals surface area (Å²) in [5.41, 5.74) is 0.816. The van der Waals surface area contributed by atoms with Crippen molar-refractivity contribution in [1.82, 2.24) is 4.90 Å². The van der Waals surface area contributed by atoms with Crippen molar-refractivity contribution in [3.05, 3.63) is 34.3 Å². The van der Waals surface area contributed by atoms with E-state index in [9.17, 15) is 9.59 Å². The summed E-state index contributed by atoms with van der Waals surface area (Å²) in [4.78, 5) is 26.5. The van der Waals surface area contributed by atoms with Gasteiger partial charge in [0.25, 0.3) is 0 Å². The van der Waals surface area contributed by atoms with Gasteiger partial charge in [-0.3, -0.25) is 14.5 Å². The minimum Gasteiger partial charge on any atom is -0.493 e. The highest BCUT2D eigenvalue weighted by atomic mass is 79.9. The SMILES string of the molecule is COc1cc(Br)c(CN2C(=O)[C@H]3CC=CC[C@@H]3C2=O)cc1OC. The first-order chi connectivity index (χ1) is 11.1. The Balaban J connectivity index is 1.87. The third kappa shape index (κ3) is 2.76. The van der Waals surface area contributed by atoms with Crippen LogP contribution in [0.3, 0.4) is 0 Å². The number of hydrogen-bond donors (Lipinski definition) is 0. The highest BCUT2D eigenvalue weighted by Crippen LogP contribution is 2.38. The zero-order chi connectivity index (χ0) is 16.6. The number of halogens is 1. The molecule has 1 saturated heterocycles. The maximum atomic E-state index is 12.5. The number of carbonyl (C=O) groups excluding carboxylic acids is 2. The Hall–Kier alpha value is -1.82. The Labute approximate surface area is 143 Å². The summed E-state index contributed by atoms with van der Waals surface area (Å²) in [6.07, 6.45) is 5.28. The van der Waals surface area contributed by atoms with Crippen LogP contribution in [0.2, 0.25) is 0 Å². The third-order valence-corrected chi connectivity index (χ3v) is 5.22. The predicted octanol–water partition coefficient (Wildman–Crippen LogP) is 2.92. The van der Waals surface area contributed by atoms with Gasteiger partial charge >= 0.3 is 0 Å². The van der Waals surface area contributed by atoms with E-state index in [-0.39, 0.29) is 30.2 Å². The van der Waals surface area contributed by atoms with Crippen LogP contribution in [0.25, 0.3) is 0 Å². The summed E-state index contributed by atoms with van der Waals surface area (Å²) >= 11 is 3.48. The zero-order valence-electron chi connectivity index (χ0n) is 13.0. The van der Waals surface area contributed by atoms with E-state index in [0.29, 0.717) is 24.3 Å². The lowest BCUT2D eigenvalue weighted by Crippen LogP contribution is -2.30. The highest BCUT2D eigenvalue weighted by Gasteiger charge is 2.47. The Bertz CT molecular complexity index is 659. The van der Waals surface area contributed by atoms with E-state index in [1.165, 1.54) is 4.90 Å². The first-order valence-corrected chi connectivity index (χ1v) is 8.26. The monoisotopic (exact) mass is 379 g/mol. The topological polar surface area (TPSA) is 55.8 Å². The number of fused-ring (bicyclic) bond motifs is 1. The Kier molecular flexibility index (Phi) is 4.43. The molecule has 5 nitrogen and oxygen atoms in total. The molecule has 1 aromatic rings. The maximum Gasteiger partial charge on any atom is 0.233 e. The summed E-state index contributed by atoms with van der Waals surface area (Å²) in [5, 5.41) is 0. The average molecular weight is 380 g/mol. The van der Waals surface area contributed by atoms with Crippen LogP contribution in [0.1, 0.15) is 18.4 Å². The fraction of sp³-hybridized carbons (Fsp3) is 0.412. The van der Waals surface area contributed by atoms with Gasteiger partial charge in [0, 0.05) is 4.47 Å². The summed E-state index contributed by atoms with van der Waals surface area (Å²) in [6.45, 7) is 0.242. The van der Waals surface area contributed by atoms with Crippen molar-refractivity contribution in [2.24, 2.45) is 11.8 Å². The van der Waals surface area contributed by atoms with Crippen molar-refractivity contribution >= 4 is 27.7 Å². The van der Waals surface area contributed by atoms with Gasteiger partial charge in [0.15, 0.2) is 11.5 Å². The van der Waals surface area contributed by atoms with Crippen LogP contribution in [0, 0.1) is 11.8 Å². The van der Waals surface area contributed by atoms with Crippen LogP contribution in [0.15, 0.2) is 28.8 Å². The molecule has 0 bridgehead atoms. The summed E-state index contributed by atoms with van der Waals surface area (Å²) < 4.78 is 11.3. The van der Waals surface area contributed by atoms with Gasteiger partial charge in [-0.25, -0.2) is 0 Å². The summed E-state index contributed by atoms with van der Waals surface area (Å²) in [5.74, 6) is 0.610. The van der Waals surface area contributed by atoms with E-state index < -0.39 is 0 Å². The van der Waals surface area contributed by atoms with E-state index in [2.05, 4.69) is 15.9 Å². The fourth-order valence-electron chi connectivity index (χ4n) is 3.21. The minimum atomic E-state index is -0.202. The molecule has 3 rings (SSSR count). The number of hydrogen-bond acceptors (Lipinski definition) is 4.